The number of amides is 2. The largest absolute Gasteiger partial charge is 0.391 e. The Morgan fingerprint density at radius 1 is 1.15 bits per heavy atom. The van der Waals surface area contributed by atoms with Gasteiger partial charge in [-0.2, -0.15) is 0 Å². The molecule has 0 saturated heterocycles. The van der Waals surface area contributed by atoms with E-state index in [1.54, 1.807) is 0 Å². The number of anilines is 2. The number of fused-ring (bicyclic) bond motifs is 1. The van der Waals surface area contributed by atoms with Crippen molar-refractivity contribution in [1.29, 1.82) is 0 Å². The second-order valence-electron chi connectivity index (χ2n) is 7.14. The lowest BCUT2D eigenvalue weighted by Crippen LogP contribution is -2.46. The molecule has 26 heavy (non-hydrogen) atoms. The number of carbonyl (C=O) groups is 1. The van der Waals surface area contributed by atoms with Crippen molar-refractivity contribution in [1.82, 2.24) is 5.32 Å². The van der Waals surface area contributed by atoms with Crippen LogP contribution in [0, 0.1) is 0 Å². The smallest absolute Gasteiger partial charge is 0.319 e. The van der Waals surface area contributed by atoms with Gasteiger partial charge in [-0.05, 0) is 60.5 Å². The minimum atomic E-state index is -0.432. The van der Waals surface area contributed by atoms with Crippen LogP contribution in [0.3, 0.4) is 0 Å². The van der Waals surface area contributed by atoms with E-state index in [4.69, 9.17) is 0 Å². The molecule has 3 N–H and O–H groups in total. The minimum Gasteiger partial charge on any atom is -0.391 e. The van der Waals surface area contributed by atoms with Crippen molar-refractivity contribution in [2.24, 2.45) is 0 Å². The Bertz CT molecular complexity index is 759. The Morgan fingerprint density at radius 2 is 1.96 bits per heavy atom. The molecular formula is C20H25N3O2S. The van der Waals surface area contributed by atoms with Crippen LogP contribution in [0.2, 0.25) is 0 Å². The van der Waals surface area contributed by atoms with Crippen molar-refractivity contribution in [3.8, 4) is 0 Å². The van der Waals surface area contributed by atoms with Gasteiger partial charge in [0, 0.05) is 29.3 Å². The Hall–Kier alpha value is -2.05. The van der Waals surface area contributed by atoms with E-state index in [2.05, 4.69) is 39.1 Å². The predicted molar refractivity (Wildman–Crippen MR) is 106 cm³/mol. The molecule has 2 aliphatic rings. The van der Waals surface area contributed by atoms with Gasteiger partial charge < -0.3 is 20.6 Å². The monoisotopic (exact) mass is 371 g/mol. The molecule has 1 aliphatic heterocycles. The number of hydrogen-bond acceptors (Lipinski definition) is 4. The van der Waals surface area contributed by atoms with Gasteiger partial charge in [0.15, 0.2) is 0 Å². The summed E-state index contributed by atoms with van der Waals surface area (Å²) in [6, 6.07) is 9.82. The third-order valence-corrected chi connectivity index (χ3v) is 6.37. The van der Waals surface area contributed by atoms with E-state index in [1.165, 1.54) is 16.1 Å². The van der Waals surface area contributed by atoms with E-state index in [1.807, 2.05) is 23.5 Å². The zero-order valence-corrected chi connectivity index (χ0v) is 15.6. The molecule has 138 valence electrons. The van der Waals surface area contributed by atoms with E-state index in [-0.39, 0.29) is 12.1 Å². The average Bonchev–Trinajstić information content (AvgIpc) is 3.12. The Morgan fingerprint density at radius 3 is 2.77 bits per heavy atom. The first-order valence-corrected chi connectivity index (χ1v) is 10.2. The van der Waals surface area contributed by atoms with Gasteiger partial charge in [0.25, 0.3) is 0 Å². The number of urea groups is 1. The Kier molecular flexibility index (Phi) is 5.13. The maximum absolute atomic E-state index is 12.2. The highest BCUT2D eigenvalue weighted by molar-refractivity contribution is 7.10. The number of carbonyl (C=O) groups excluding carboxylic acids is 1. The summed E-state index contributed by atoms with van der Waals surface area (Å²) in [6.07, 6.45) is 4.36. The summed E-state index contributed by atoms with van der Waals surface area (Å²) < 4.78 is 0. The molecule has 1 fully saturated rings. The lowest BCUT2D eigenvalue weighted by atomic mass is 9.93. The second kappa shape index (κ2) is 7.68. The number of aliphatic hydroxyl groups excluding tert-OH is 1. The fourth-order valence-electron chi connectivity index (χ4n) is 3.84. The van der Waals surface area contributed by atoms with Crippen LogP contribution in [-0.2, 0) is 13.0 Å². The molecule has 0 radical (unpaired) electrons. The van der Waals surface area contributed by atoms with Crippen LogP contribution in [0.4, 0.5) is 16.2 Å². The van der Waals surface area contributed by atoms with Gasteiger partial charge in [0.2, 0.25) is 0 Å². The fourth-order valence-corrected chi connectivity index (χ4v) is 4.73. The molecule has 0 spiro atoms. The summed E-state index contributed by atoms with van der Waals surface area (Å²) in [6.45, 7) is 1.98. The van der Waals surface area contributed by atoms with Crippen LogP contribution < -0.4 is 15.5 Å². The molecule has 2 heterocycles. The van der Waals surface area contributed by atoms with Gasteiger partial charge in [-0.3, -0.25) is 0 Å². The molecule has 5 nitrogen and oxygen atoms in total. The SMILES string of the molecule is O=C(Nc1ccc(N2CCc3sccc3C2)cc1)NC1CCCCC1O. The normalized spacial score (nSPS) is 22.6. The van der Waals surface area contributed by atoms with Crippen molar-refractivity contribution < 1.29 is 9.90 Å². The first-order chi connectivity index (χ1) is 12.7. The molecule has 2 atom stereocenters. The van der Waals surface area contributed by atoms with Crippen LogP contribution in [0.25, 0.3) is 0 Å². The fraction of sp³-hybridized carbons (Fsp3) is 0.450. The number of benzene rings is 1. The van der Waals surface area contributed by atoms with E-state index in [0.29, 0.717) is 0 Å². The number of thiophene rings is 1. The van der Waals surface area contributed by atoms with Gasteiger partial charge in [0.05, 0.1) is 12.1 Å². The van der Waals surface area contributed by atoms with Crippen molar-refractivity contribution >= 4 is 28.7 Å². The summed E-state index contributed by atoms with van der Waals surface area (Å²) in [5.74, 6) is 0. The Balaban J connectivity index is 1.33. The van der Waals surface area contributed by atoms with Crippen molar-refractivity contribution in [3.63, 3.8) is 0 Å². The number of rotatable bonds is 3. The summed E-state index contributed by atoms with van der Waals surface area (Å²) in [5, 5.41) is 17.9. The maximum Gasteiger partial charge on any atom is 0.319 e. The van der Waals surface area contributed by atoms with E-state index in [9.17, 15) is 9.90 Å². The van der Waals surface area contributed by atoms with Crippen LogP contribution in [0.15, 0.2) is 35.7 Å². The van der Waals surface area contributed by atoms with Crippen LogP contribution >= 0.6 is 11.3 Å². The molecule has 1 aliphatic carbocycles. The number of nitrogens with one attached hydrogen (secondary N) is 2. The highest BCUT2D eigenvalue weighted by Crippen LogP contribution is 2.28. The third-order valence-electron chi connectivity index (χ3n) is 5.34. The summed E-state index contributed by atoms with van der Waals surface area (Å²) >= 11 is 1.85. The van der Waals surface area contributed by atoms with Crippen LogP contribution in [0.1, 0.15) is 36.1 Å². The van der Waals surface area contributed by atoms with Gasteiger partial charge in [0.1, 0.15) is 0 Å². The topological polar surface area (TPSA) is 64.6 Å². The maximum atomic E-state index is 12.2. The molecular weight excluding hydrogens is 346 g/mol. The first kappa shape index (κ1) is 17.4. The molecule has 1 aromatic carbocycles. The number of nitrogens with zero attached hydrogens (tertiary/aromatic N) is 1. The van der Waals surface area contributed by atoms with E-state index in [0.717, 1.165) is 50.9 Å². The molecule has 2 unspecified atom stereocenters. The zero-order valence-electron chi connectivity index (χ0n) is 14.8. The lowest BCUT2D eigenvalue weighted by Gasteiger charge is -2.29. The summed E-state index contributed by atoms with van der Waals surface area (Å²) in [4.78, 5) is 16.1. The van der Waals surface area contributed by atoms with E-state index >= 15 is 0 Å². The molecule has 4 rings (SSSR count). The van der Waals surface area contributed by atoms with Crippen molar-refractivity contribution in [2.45, 2.75) is 50.8 Å². The minimum absolute atomic E-state index is 0.142. The summed E-state index contributed by atoms with van der Waals surface area (Å²) in [7, 11) is 0. The average molecular weight is 372 g/mol. The number of aliphatic hydroxyl groups is 1. The predicted octanol–water partition coefficient (Wildman–Crippen LogP) is 3.74. The highest BCUT2D eigenvalue weighted by Gasteiger charge is 2.24. The van der Waals surface area contributed by atoms with Crippen LogP contribution in [-0.4, -0.2) is 29.8 Å². The summed E-state index contributed by atoms with van der Waals surface area (Å²) in [5.41, 5.74) is 3.37. The molecule has 1 saturated carbocycles. The van der Waals surface area contributed by atoms with Crippen molar-refractivity contribution in [2.75, 3.05) is 16.8 Å². The zero-order chi connectivity index (χ0) is 17.9. The van der Waals surface area contributed by atoms with Gasteiger partial charge in [-0.1, -0.05) is 12.8 Å². The van der Waals surface area contributed by atoms with Crippen LogP contribution in [0.5, 0.6) is 0 Å². The highest BCUT2D eigenvalue weighted by atomic mass is 32.1. The molecule has 2 amide bonds. The standard InChI is InChI=1S/C20H25N3O2S/c24-18-4-2-1-3-17(18)22-20(25)21-15-5-7-16(8-6-15)23-11-9-19-14(13-23)10-12-26-19/h5-8,10,12,17-18,24H,1-4,9,11,13H2,(H2,21,22,25). The molecule has 1 aromatic heterocycles. The van der Waals surface area contributed by atoms with Crippen molar-refractivity contribution in [3.05, 3.63) is 46.2 Å². The molecule has 6 heteroatoms. The first-order valence-electron chi connectivity index (χ1n) is 9.35. The second-order valence-corrected chi connectivity index (χ2v) is 8.14. The van der Waals surface area contributed by atoms with Gasteiger partial charge in [-0.15, -0.1) is 11.3 Å². The quantitative estimate of drug-likeness (QED) is 0.770. The molecule has 2 aromatic rings. The van der Waals surface area contributed by atoms with Gasteiger partial charge in [-0.25, -0.2) is 4.79 Å². The Labute approximate surface area is 158 Å². The van der Waals surface area contributed by atoms with Gasteiger partial charge >= 0.3 is 6.03 Å². The number of hydrogen-bond donors (Lipinski definition) is 3. The third kappa shape index (κ3) is 3.86. The molecule has 0 bridgehead atoms. The van der Waals surface area contributed by atoms with E-state index < -0.39 is 6.10 Å². The lowest BCUT2D eigenvalue weighted by molar-refractivity contribution is 0.0955.